The van der Waals surface area contributed by atoms with Crippen molar-refractivity contribution in [2.75, 3.05) is 23.4 Å². The lowest BCUT2D eigenvalue weighted by atomic mass is 10.1. The molecule has 0 spiro atoms. The number of nitrogens with zero attached hydrogens (tertiary/aromatic N) is 4. The Bertz CT molecular complexity index is 1460. The summed E-state index contributed by atoms with van der Waals surface area (Å²) in [5, 5.41) is 6.71. The molecule has 0 unspecified atom stereocenters. The molecule has 4 aromatic rings. The highest BCUT2D eigenvalue weighted by atomic mass is 32.1. The number of nitrogens with one attached hydrogen (secondary N) is 1. The standard InChI is InChI=1S/C22H17N5O4S/c1-2-31-14-9-7-13(8-10-14)25-17(28)11-26-16-6-4-3-5-15(16)18(20(26)29)19-21(30)27-22(32-19)23-12-24-27/h3-10,12H,2,11H2,1H3,(H,25,28). The number of hydrogen-bond acceptors (Lipinski definition) is 7. The van der Waals surface area contributed by atoms with Crippen LogP contribution in [0.15, 0.2) is 59.7 Å². The lowest BCUT2D eigenvalue weighted by molar-refractivity contribution is -0.118. The van der Waals surface area contributed by atoms with Crippen molar-refractivity contribution in [3.05, 3.63) is 75.3 Å². The van der Waals surface area contributed by atoms with Crippen molar-refractivity contribution in [3.8, 4) is 5.75 Å². The molecular weight excluding hydrogens is 430 g/mol. The van der Waals surface area contributed by atoms with Crippen LogP contribution in [0.3, 0.4) is 0 Å². The van der Waals surface area contributed by atoms with Gasteiger partial charge in [-0.2, -0.15) is 9.61 Å². The Morgan fingerprint density at radius 2 is 1.91 bits per heavy atom. The predicted molar refractivity (Wildman–Crippen MR) is 120 cm³/mol. The summed E-state index contributed by atoms with van der Waals surface area (Å²) in [5.41, 5.74) is 1.63. The van der Waals surface area contributed by atoms with Crippen LogP contribution in [-0.2, 0) is 9.59 Å². The van der Waals surface area contributed by atoms with E-state index >= 15 is 0 Å². The monoisotopic (exact) mass is 447 g/mol. The largest absolute Gasteiger partial charge is 0.494 e. The average molecular weight is 447 g/mol. The minimum Gasteiger partial charge on any atom is -0.494 e. The van der Waals surface area contributed by atoms with Gasteiger partial charge in [-0.25, -0.2) is 4.98 Å². The number of carbonyl (C=O) groups is 2. The van der Waals surface area contributed by atoms with Crippen LogP contribution in [0, 0.1) is 0 Å². The molecule has 32 heavy (non-hydrogen) atoms. The van der Waals surface area contributed by atoms with Crippen LogP contribution >= 0.6 is 11.3 Å². The van der Waals surface area contributed by atoms with E-state index in [1.54, 1.807) is 48.5 Å². The van der Waals surface area contributed by atoms with Crippen LogP contribution in [0.1, 0.15) is 12.5 Å². The van der Waals surface area contributed by atoms with Gasteiger partial charge in [0.25, 0.3) is 11.5 Å². The number of thiazole rings is 1. The van der Waals surface area contributed by atoms with Gasteiger partial charge in [-0.15, -0.1) is 0 Å². The number of anilines is 2. The molecule has 5 rings (SSSR count). The van der Waals surface area contributed by atoms with Crippen molar-refractivity contribution >= 4 is 45.1 Å². The number of amides is 2. The van der Waals surface area contributed by atoms with E-state index in [0.29, 0.717) is 34.3 Å². The van der Waals surface area contributed by atoms with E-state index in [1.807, 2.05) is 6.92 Å². The van der Waals surface area contributed by atoms with Crippen molar-refractivity contribution in [3.63, 3.8) is 0 Å². The van der Waals surface area contributed by atoms with Crippen LogP contribution in [0.4, 0.5) is 11.4 Å². The highest BCUT2D eigenvalue weighted by Crippen LogP contribution is 2.35. The molecule has 0 aliphatic carbocycles. The minimum atomic E-state index is -0.408. The number of rotatable bonds is 5. The van der Waals surface area contributed by atoms with Crippen LogP contribution in [-0.4, -0.2) is 39.6 Å². The maximum Gasteiger partial charge on any atom is 0.291 e. The Balaban J connectivity index is 1.46. The van der Waals surface area contributed by atoms with Gasteiger partial charge in [-0.05, 0) is 37.3 Å². The average Bonchev–Trinajstić information content (AvgIpc) is 3.44. The Hall–Kier alpha value is -4.05. The van der Waals surface area contributed by atoms with Crippen molar-refractivity contribution < 1.29 is 14.3 Å². The molecule has 1 aliphatic rings. The molecule has 2 aromatic carbocycles. The first-order valence-corrected chi connectivity index (χ1v) is 10.7. The normalized spacial score (nSPS) is 14.7. The van der Waals surface area contributed by atoms with Gasteiger partial charge in [0.15, 0.2) is 0 Å². The molecule has 0 bridgehead atoms. The van der Waals surface area contributed by atoms with Crippen molar-refractivity contribution in [2.45, 2.75) is 6.92 Å². The second-order valence-corrected chi connectivity index (χ2v) is 7.96. The maximum atomic E-state index is 13.3. The SMILES string of the molecule is CCOc1ccc(NC(=O)CN2C(=O)C(=c3sc4ncnn4c3=O)c3ccccc32)cc1. The lowest BCUT2D eigenvalue weighted by Gasteiger charge is -2.16. The molecule has 0 saturated carbocycles. The van der Waals surface area contributed by atoms with E-state index in [2.05, 4.69) is 15.4 Å². The Labute approximate surface area is 185 Å². The first-order chi connectivity index (χ1) is 15.6. The number of aromatic nitrogens is 3. The van der Waals surface area contributed by atoms with E-state index in [9.17, 15) is 14.4 Å². The minimum absolute atomic E-state index is 0.193. The molecular formula is C22H17N5O4S. The van der Waals surface area contributed by atoms with Gasteiger partial charge < -0.3 is 10.1 Å². The molecule has 1 aliphatic heterocycles. The van der Waals surface area contributed by atoms with Crippen molar-refractivity contribution in [1.82, 2.24) is 14.6 Å². The zero-order valence-corrected chi connectivity index (χ0v) is 17.8. The summed E-state index contributed by atoms with van der Waals surface area (Å²) in [5.74, 6) is -0.0585. The number of fused-ring (bicyclic) bond motifs is 2. The Kier molecular flexibility index (Phi) is 4.91. The van der Waals surface area contributed by atoms with E-state index in [-0.39, 0.29) is 22.6 Å². The topological polar surface area (TPSA) is 106 Å². The number of para-hydroxylation sites is 1. The highest BCUT2D eigenvalue weighted by Gasteiger charge is 2.35. The summed E-state index contributed by atoms with van der Waals surface area (Å²) >= 11 is 1.10. The van der Waals surface area contributed by atoms with E-state index in [1.165, 1.54) is 15.7 Å². The second kappa shape index (κ2) is 7.89. The van der Waals surface area contributed by atoms with Crippen LogP contribution < -0.4 is 25.0 Å². The zero-order valence-electron chi connectivity index (χ0n) is 16.9. The maximum absolute atomic E-state index is 13.3. The van der Waals surface area contributed by atoms with Gasteiger partial charge in [-0.3, -0.25) is 19.3 Å². The number of carbonyl (C=O) groups excluding carboxylic acids is 2. The molecule has 0 radical (unpaired) electrons. The molecule has 160 valence electrons. The molecule has 0 fully saturated rings. The molecule has 1 N–H and O–H groups in total. The van der Waals surface area contributed by atoms with Crippen molar-refractivity contribution in [2.24, 2.45) is 0 Å². The fourth-order valence-electron chi connectivity index (χ4n) is 3.63. The molecule has 3 heterocycles. The molecule has 2 aromatic heterocycles. The second-order valence-electron chi connectivity index (χ2n) is 6.98. The van der Waals surface area contributed by atoms with Gasteiger partial charge >= 0.3 is 0 Å². The van der Waals surface area contributed by atoms with Gasteiger partial charge in [-0.1, -0.05) is 29.5 Å². The van der Waals surface area contributed by atoms with Crippen LogP contribution in [0.5, 0.6) is 5.75 Å². The summed E-state index contributed by atoms with van der Waals surface area (Å²) in [6.07, 6.45) is 1.30. The first kappa shape index (κ1) is 19.9. The summed E-state index contributed by atoms with van der Waals surface area (Å²) < 4.78 is 6.83. The molecule has 2 amide bonds. The quantitative estimate of drug-likeness (QED) is 0.497. The summed E-state index contributed by atoms with van der Waals surface area (Å²) in [4.78, 5) is 44.6. The first-order valence-electron chi connectivity index (χ1n) is 9.87. The number of benzene rings is 2. The Morgan fingerprint density at radius 3 is 2.66 bits per heavy atom. The van der Waals surface area contributed by atoms with Crippen LogP contribution in [0.2, 0.25) is 0 Å². The lowest BCUT2D eigenvalue weighted by Crippen LogP contribution is -2.37. The number of ether oxygens (including phenoxy) is 1. The van der Waals surface area contributed by atoms with E-state index in [0.717, 1.165) is 11.3 Å². The third kappa shape index (κ3) is 3.30. The summed E-state index contributed by atoms with van der Waals surface area (Å²) in [6.45, 7) is 2.26. The Morgan fingerprint density at radius 1 is 1.12 bits per heavy atom. The van der Waals surface area contributed by atoms with Gasteiger partial charge in [0.1, 0.15) is 23.2 Å². The molecule has 10 heteroatoms. The fraction of sp³-hybridized carbons (Fsp3) is 0.136. The smallest absolute Gasteiger partial charge is 0.291 e. The van der Waals surface area contributed by atoms with E-state index in [4.69, 9.17) is 4.74 Å². The summed E-state index contributed by atoms with van der Waals surface area (Å²) in [7, 11) is 0. The van der Waals surface area contributed by atoms with Crippen molar-refractivity contribution in [1.29, 1.82) is 0 Å². The predicted octanol–water partition coefficient (Wildman–Crippen LogP) is 1.45. The van der Waals surface area contributed by atoms with Crippen LogP contribution in [0.25, 0.3) is 10.5 Å². The fourth-order valence-corrected chi connectivity index (χ4v) is 4.60. The number of hydrogen-bond donors (Lipinski definition) is 1. The molecule has 0 atom stereocenters. The zero-order chi connectivity index (χ0) is 22.2. The van der Waals surface area contributed by atoms with E-state index < -0.39 is 11.5 Å². The summed E-state index contributed by atoms with van der Waals surface area (Å²) in [6, 6.07) is 14.1. The highest BCUT2D eigenvalue weighted by molar-refractivity contribution is 7.15. The van der Waals surface area contributed by atoms with Gasteiger partial charge in [0.05, 0.1) is 17.9 Å². The third-order valence-electron chi connectivity index (χ3n) is 5.00. The van der Waals surface area contributed by atoms with Gasteiger partial charge in [0.2, 0.25) is 10.9 Å². The molecule has 9 nitrogen and oxygen atoms in total. The molecule has 0 saturated heterocycles. The third-order valence-corrected chi connectivity index (χ3v) is 6.04. The van der Waals surface area contributed by atoms with Gasteiger partial charge in [0, 0.05) is 11.3 Å².